The van der Waals surface area contributed by atoms with Gasteiger partial charge in [0.05, 0.1) is 0 Å². The van der Waals surface area contributed by atoms with Gasteiger partial charge >= 0.3 is 5.97 Å². The molecule has 0 saturated carbocycles. The molecule has 3 N–H and O–H groups in total. The van der Waals surface area contributed by atoms with E-state index in [0.717, 1.165) is 25.8 Å². The Kier molecular flexibility index (Phi) is 11.3. The molecule has 0 spiro atoms. The summed E-state index contributed by atoms with van der Waals surface area (Å²) in [6.45, 7) is 12.3. The molecule has 10 nitrogen and oxygen atoms in total. The lowest BCUT2D eigenvalue weighted by Crippen LogP contribution is -2.55. The molecular weight excluding hydrogens is 506 g/mol. The first kappa shape index (κ1) is 31.7. The quantitative estimate of drug-likeness (QED) is 0.360. The fourth-order valence-electron chi connectivity index (χ4n) is 5.06. The minimum atomic E-state index is -0.747. The van der Waals surface area contributed by atoms with Gasteiger partial charge in [0, 0.05) is 43.8 Å². The maximum absolute atomic E-state index is 13.9. The standard InChI is InChI=1S/C27H45N5O5S/c1-9-17(4)23(30-22(34)14-27(6)11-10-12-31(27)7)26(36)32(8)20(16(2)3)13-21(37-18(5)33)25-29-19(15-38-25)24(28)35/h15-17,20-21,23H,9-14H2,1-8H3,(H2,28,35)(H,30,34)/t17-,20+,21+,23-,27+/m0/s1. The summed E-state index contributed by atoms with van der Waals surface area (Å²) in [4.78, 5) is 58.6. The minimum Gasteiger partial charge on any atom is -0.455 e. The number of carbonyl (C=O) groups is 4. The smallest absolute Gasteiger partial charge is 0.303 e. The maximum atomic E-state index is 13.9. The van der Waals surface area contributed by atoms with Gasteiger partial charge in [0.25, 0.3) is 5.91 Å². The van der Waals surface area contributed by atoms with Crippen LogP contribution in [0.5, 0.6) is 0 Å². The number of nitrogens with one attached hydrogen (secondary N) is 1. The van der Waals surface area contributed by atoms with E-state index in [2.05, 4.69) is 22.1 Å². The van der Waals surface area contributed by atoms with E-state index >= 15 is 0 Å². The van der Waals surface area contributed by atoms with Crippen LogP contribution in [-0.2, 0) is 19.1 Å². The monoisotopic (exact) mass is 551 g/mol. The number of likely N-dealkylation sites (tertiary alicyclic amines) is 1. The largest absolute Gasteiger partial charge is 0.455 e. The maximum Gasteiger partial charge on any atom is 0.303 e. The van der Waals surface area contributed by atoms with E-state index < -0.39 is 24.0 Å². The summed E-state index contributed by atoms with van der Waals surface area (Å²) < 4.78 is 5.57. The summed E-state index contributed by atoms with van der Waals surface area (Å²) in [7, 11) is 3.76. The van der Waals surface area contributed by atoms with Crippen LogP contribution in [0.2, 0.25) is 0 Å². The van der Waals surface area contributed by atoms with Gasteiger partial charge in [-0.2, -0.15) is 0 Å². The Balaban J connectivity index is 2.25. The number of esters is 1. The fourth-order valence-corrected chi connectivity index (χ4v) is 5.91. The lowest BCUT2D eigenvalue weighted by molar-refractivity contribution is -0.149. The number of ether oxygens (including phenoxy) is 1. The zero-order chi connectivity index (χ0) is 28.8. The van der Waals surface area contributed by atoms with E-state index in [0.29, 0.717) is 11.4 Å². The van der Waals surface area contributed by atoms with Crippen LogP contribution in [0.25, 0.3) is 0 Å². The van der Waals surface area contributed by atoms with Crippen LogP contribution in [0.15, 0.2) is 5.38 Å². The number of carbonyl (C=O) groups excluding carboxylic acids is 4. The predicted octanol–water partition coefficient (Wildman–Crippen LogP) is 3.12. The third-order valence-corrected chi connectivity index (χ3v) is 8.83. The molecule has 1 aromatic rings. The van der Waals surface area contributed by atoms with Crippen LogP contribution in [-0.4, -0.2) is 76.7 Å². The zero-order valence-corrected chi connectivity index (χ0v) is 24.9. The molecular formula is C27H45N5O5S. The van der Waals surface area contributed by atoms with Crippen LogP contribution in [0.3, 0.4) is 0 Å². The van der Waals surface area contributed by atoms with Gasteiger partial charge in [-0.05, 0) is 45.2 Å². The molecule has 0 radical (unpaired) electrons. The number of nitrogens with zero attached hydrogens (tertiary/aromatic N) is 3. The van der Waals surface area contributed by atoms with Crippen LogP contribution in [0.4, 0.5) is 0 Å². The average Bonchev–Trinajstić information content (AvgIpc) is 3.45. The summed E-state index contributed by atoms with van der Waals surface area (Å²) in [6, 6.07) is -1.00. The molecule has 0 aromatic carbocycles. The highest BCUT2D eigenvalue weighted by atomic mass is 32.1. The third kappa shape index (κ3) is 7.99. The predicted molar refractivity (Wildman–Crippen MR) is 147 cm³/mol. The molecule has 1 aliphatic heterocycles. The normalized spacial score (nSPS) is 21.0. The molecule has 0 aliphatic carbocycles. The highest BCUT2D eigenvalue weighted by Crippen LogP contribution is 2.32. The average molecular weight is 552 g/mol. The molecule has 2 rings (SSSR count). The number of hydrogen-bond acceptors (Lipinski definition) is 8. The number of likely N-dealkylation sites (N-methyl/N-ethyl adjacent to an activating group) is 1. The SMILES string of the molecule is CC[C@H](C)[C@H](NC(=O)C[C@@]1(C)CCCN1C)C(=O)N(C)[C@H](C[C@@H](OC(C)=O)c1nc(C(N)=O)cs1)C(C)C. The lowest BCUT2D eigenvalue weighted by atomic mass is 9.91. The fraction of sp³-hybridized carbons (Fsp3) is 0.741. The number of amides is 3. The van der Waals surface area contributed by atoms with Crippen LogP contribution in [0.1, 0.15) is 95.2 Å². The van der Waals surface area contributed by atoms with Crippen LogP contribution in [0, 0.1) is 11.8 Å². The molecule has 3 amide bonds. The molecule has 11 heteroatoms. The number of rotatable bonds is 13. The Morgan fingerprint density at radius 1 is 1.29 bits per heavy atom. The summed E-state index contributed by atoms with van der Waals surface area (Å²) in [5.74, 6) is -1.53. The molecule has 1 aliphatic rings. The van der Waals surface area contributed by atoms with Crippen molar-refractivity contribution in [2.45, 2.75) is 97.4 Å². The summed E-state index contributed by atoms with van der Waals surface area (Å²) in [5.41, 5.74) is 5.25. The van der Waals surface area contributed by atoms with E-state index in [-0.39, 0.29) is 47.3 Å². The van der Waals surface area contributed by atoms with Gasteiger partial charge in [0.2, 0.25) is 11.8 Å². The number of thiazole rings is 1. The first-order valence-electron chi connectivity index (χ1n) is 13.4. The van der Waals surface area contributed by atoms with E-state index in [1.807, 2.05) is 34.7 Å². The molecule has 214 valence electrons. The Morgan fingerprint density at radius 3 is 2.42 bits per heavy atom. The zero-order valence-electron chi connectivity index (χ0n) is 24.1. The van der Waals surface area contributed by atoms with Gasteiger partial charge in [-0.3, -0.25) is 19.2 Å². The Bertz CT molecular complexity index is 998. The highest BCUT2D eigenvalue weighted by Gasteiger charge is 2.39. The number of aromatic nitrogens is 1. The van der Waals surface area contributed by atoms with Crippen molar-refractivity contribution >= 4 is 35.0 Å². The summed E-state index contributed by atoms with van der Waals surface area (Å²) in [5, 5.41) is 5.02. The van der Waals surface area contributed by atoms with Gasteiger partial charge in [-0.1, -0.05) is 34.1 Å². The number of nitrogens with two attached hydrogens (primary N) is 1. The van der Waals surface area contributed by atoms with E-state index in [9.17, 15) is 19.2 Å². The first-order chi connectivity index (χ1) is 17.7. The second kappa shape index (κ2) is 13.5. The van der Waals surface area contributed by atoms with Crippen molar-refractivity contribution in [2.24, 2.45) is 17.6 Å². The van der Waals surface area contributed by atoms with Gasteiger partial charge < -0.3 is 25.6 Å². The van der Waals surface area contributed by atoms with Crippen molar-refractivity contribution in [1.29, 1.82) is 0 Å². The summed E-state index contributed by atoms with van der Waals surface area (Å²) >= 11 is 1.19. The number of primary amides is 1. The number of hydrogen-bond donors (Lipinski definition) is 2. The molecule has 1 aromatic heterocycles. The molecule has 0 unspecified atom stereocenters. The molecule has 1 fully saturated rings. The second-order valence-corrected chi connectivity index (χ2v) is 12.0. The van der Waals surface area contributed by atoms with E-state index in [1.54, 1.807) is 11.9 Å². The Labute approximate surface area is 230 Å². The van der Waals surface area contributed by atoms with Crippen molar-refractivity contribution < 1.29 is 23.9 Å². The van der Waals surface area contributed by atoms with E-state index in [1.165, 1.54) is 23.6 Å². The van der Waals surface area contributed by atoms with Crippen molar-refractivity contribution in [2.75, 3.05) is 20.6 Å². The van der Waals surface area contributed by atoms with Gasteiger partial charge in [0.15, 0.2) is 6.10 Å². The van der Waals surface area contributed by atoms with Crippen molar-refractivity contribution in [3.63, 3.8) is 0 Å². The lowest BCUT2D eigenvalue weighted by Gasteiger charge is -2.37. The van der Waals surface area contributed by atoms with Crippen molar-refractivity contribution in [1.82, 2.24) is 20.1 Å². The Morgan fingerprint density at radius 2 is 1.95 bits per heavy atom. The van der Waals surface area contributed by atoms with Crippen molar-refractivity contribution in [3.05, 3.63) is 16.1 Å². The molecule has 2 heterocycles. The molecule has 5 atom stereocenters. The molecule has 1 saturated heterocycles. The topological polar surface area (TPSA) is 135 Å². The van der Waals surface area contributed by atoms with Crippen molar-refractivity contribution in [3.8, 4) is 0 Å². The minimum absolute atomic E-state index is 0.0110. The molecule has 38 heavy (non-hydrogen) atoms. The van der Waals surface area contributed by atoms with E-state index in [4.69, 9.17) is 10.5 Å². The van der Waals surface area contributed by atoms with Gasteiger partial charge in [-0.25, -0.2) is 4.98 Å². The first-order valence-corrected chi connectivity index (χ1v) is 14.3. The van der Waals surface area contributed by atoms with Crippen LogP contribution >= 0.6 is 11.3 Å². The third-order valence-electron chi connectivity index (χ3n) is 7.90. The second-order valence-electron chi connectivity index (χ2n) is 11.2. The summed E-state index contributed by atoms with van der Waals surface area (Å²) in [6.07, 6.45) is 2.59. The Hall–Kier alpha value is -2.53. The highest BCUT2D eigenvalue weighted by molar-refractivity contribution is 7.09. The van der Waals surface area contributed by atoms with Gasteiger partial charge in [0.1, 0.15) is 16.7 Å². The van der Waals surface area contributed by atoms with Crippen LogP contribution < -0.4 is 11.1 Å². The molecule has 0 bridgehead atoms. The van der Waals surface area contributed by atoms with Gasteiger partial charge in [-0.15, -0.1) is 11.3 Å².